The predicted octanol–water partition coefficient (Wildman–Crippen LogP) is 2.87. The third kappa shape index (κ3) is 2.47. The maximum atomic E-state index is 5.91. The second-order valence-electron chi connectivity index (χ2n) is 4.95. The van der Waals surface area contributed by atoms with E-state index < -0.39 is 0 Å². The van der Waals surface area contributed by atoms with E-state index in [2.05, 4.69) is 36.3 Å². The molecule has 2 rings (SSSR count). The van der Waals surface area contributed by atoms with E-state index in [4.69, 9.17) is 5.73 Å². The summed E-state index contributed by atoms with van der Waals surface area (Å²) in [4.78, 5) is 4.05. The van der Waals surface area contributed by atoms with Crippen LogP contribution in [-0.4, -0.2) is 24.0 Å². The molecular weight excluding hydrogens is 216 g/mol. The smallest absolute Gasteiger partial charge is 0.0416 e. The van der Waals surface area contributed by atoms with Gasteiger partial charge in [-0.2, -0.15) is 0 Å². The molecule has 2 heterocycles. The van der Waals surface area contributed by atoms with Gasteiger partial charge in [0.25, 0.3) is 0 Å². The minimum atomic E-state index is 0.529. The Morgan fingerprint density at radius 2 is 2.44 bits per heavy atom. The van der Waals surface area contributed by atoms with Gasteiger partial charge in [0, 0.05) is 23.5 Å². The highest BCUT2D eigenvalue weighted by atomic mass is 32.1. The lowest BCUT2D eigenvalue weighted by molar-refractivity contribution is 0.0849. The molecule has 0 spiro atoms. The zero-order valence-electron chi connectivity index (χ0n) is 10.2. The summed E-state index contributed by atoms with van der Waals surface area (Å²) < 4.78 is 0. The fourth-order valence-electron chi connectivity index (χ4n) is 2.70. The third-order valence-electron chi connectivity index (χ3n) is 3.75. The van der Waals surface area contributed by atoms with Gasteiger partial charge < -0.3 is 5.73 Å². The monoisotopic (exact) mass is 238 g/mol. The van der Waals surface area contributed by atoms with Gasteiger partial charge in [-0.05, 0) is 43.7 Å². The molecule has 1 aromatic heterocycles. The van der Waals surface area contributed by atoms with E-state index in [1.54, 1.807) is 0 Å². The van der Waals surface area contributed by atoms with E-state index >= 15 is 0 Å². The molecule has 2 nitrogen and oxygen atoms in total. The van der Waals surface area contributed by atoms with Gasteiger partial charge in [-0.15, -0.1) is 11.3 Å². The van der Waals surface area contributed by atoms with Gasteiger partial charge in [-0.3, -0.25) is 4.90 Å². The average molecular weight is 238 g/mol. The highest BCUT2D eigenvalue weighted by molar-refractivity contribution is 7.10. The quantitative estimate of drug-likeness (QED) is 0.877. The molecule has 3 unspecified atom stereocenters. The van der Waals surface area contributed by atoms with Crippen LogP contribution < -0.4 is 5.73 Å². The number of piperidine rings is 1. The lowest BCUT2D eigenvalue weighted by Crippen LogP contribution is -2.47. The molecule has 0 amide bonds. The number of nitrogens with zero attached hydrogens (tertiary/aromatic N) is 1. The Bertz CT molecular complexity index is 310. The first-order chi connectivity index (χ1) is 7.72. The maximum Gasteiger partial charge on any atom is 0.0416 e. The van der Waals surface area contributed by atoms with Gasteiger partial charge in [0.2, 0.25) is 0 Å². The van der Waals surface area contributed by atoms with Crippen molar-refractivity contribution in [3.05, 3.63) is 22.4 Å². The summed E-state index contributed by atoms with van der Waals surface area (Å²) in [6, 6.07) is 5.48. The summed E-state index contributed by atoms with van der Waals surface area (Å²) in [5, 5.41) is 2.16. The van der Waals surface area contributed by atoms with E-state index in [0.29, 0.717) is 12.1 Å². The van der Waals surface area contributed by atoms with Crippen molar-refractivity contribution < 1.29 is 0 Å². The summed E-state index contributed by atoms with van der Waals surface area (Å²) in [7, 11) is 0. The molecule has 1 saturated heterocycles. The van der Waals surface area contributed by atoms with Gasteiger partial charge in [0.05, 0.1) is 0 Å². The van der Waals surface area contributed by atoms with Crippen molar-refractivity contribution >= 4 is 11.3 Å². The summed E-state index contributed by atoms with van der Waals surface area (Å²) in [5.41, 5.74) is 5.91. The third-order valence-corrected chi connectivity index (χ3v) is 4.79. The second-order valence-corrected chi connectivity index (χ2v) is 5.93. The molecular formula is C13H22N2S. The zero-order valence-corrected chi connectivity index (χ0v) is 11.0. The molecule has 1 aliphatic heterocycles. The molecule has 90 valence electrons. The standard InChI is InChI=1S/C13H22N2S/c1-10-5-6-15(12(8-10)9-14)11(2)13-4-3-7-16-13/h3-4,7,10-12H,5-6,8-9,14H2,1-2H3. The number of hydrogen-bond donors (Lipinski definition) is 1. The largest absolute Gasteiger partial charge is 0.329 e. The summed E-state index contributed by atoms with van der Waals surface area (Å²) in [5.74, 6) is 0.834. The van der Waals surface area contributed by atoms with Gasteiger partial charge in [-0.1, -0.05) is 13.0 Å². The average Bonchev–Trinajstić information content (AvgIpc) is 2.81. The van der Waals surface area contributed by atoms with Crippen LogP contribution in [-0.2, 0) is 0 Å². The summed E-state index contributed by atoms with van der Waals surface area (Å²) in [6.45, 7) is 6.64. The van der Waals surface area contributed by atoms with Crippen molar-refractivity contribution in [3.63, 3.8) is 0 Å². The van der Waals surface area contributed by atoms with E-state index in [9.17, 15) is 0 Å². The van der Waals surface area contributed by atoms with Gasteiger partial charge >= 0.3 is 0 Å². The van der Waals surface area contributed by atoms with Crippen LogP contribution in [0.25, 0.3) is 0 Å². The Kier molecular flexibility index (Phi) is 4.00. The normalized spacial score (nSPS) is 29.2. The first-order valence-electron chi connectivity index (χ1n) is 6.21. The van der Waals surface area contributed by atoms with Crippen LogP contribution in [0.15, 0.2) is 17.5 Å². The first-order valence-corrected chi connectivity index (χ1v) is 7.09. The van der Waals surface area contributed by atoms with Crippen LogP contribution in [0.2, 0.25) is 0 Å². The molecule has 16 heavy (non-hydrogen) atoms. The van der Waals surface area contributed by atoms with Crippen LogP contribution in [0.5, 0.6) is 0 Å². The van der Waals surface area contributed by atoms with Crippen molar-refractivity contribution in [3.8, 4) is 0 Å². The molecule has 1 aliphatic rings. The Morgan fingerprint density at radius 3 is 3.06 bits per heavy atom. The van der Waals surface area contributed by atoms with Crippen LogP contribution in [0, 0.1) is 5.92 Å². The molecule has 0 aliphatic carbocycles. The zero-order chi connectivity index (χ0) is 11.5. The van der Waals surface area contributed by atoms with Crippen LogP contribution >= 0.6 is 11.3 Å². The Balaban J connectivity index is 2.07. The molecule has 0 aromatic carbocycles. The SMILES string of the molecule is CC1CCN(C(C)c2cccs2)C(CN)C1. The fraction of sp³-hybridized carbons (Fsp3) is 0.692. The van der Waals surface area contributed by atoms with Crippen molar-refractivity contribution in [2.24, 2.45) is 11.7 Å². The van der Waals surface area contributed by atoms with E-state index in [1.165, 1.54) is 24.3 Å². The number of rotatable bonds is 3. The molecule has 3 atom stereocenters. The van der Waals surface area contributed by atoms with E-state index in [0.717, 1.165) is 12.5 Å². The molecule has 0 radical (unpaired) electrons. The Labute approximate surface area is 102 Å². The number of nitrogens with two attached hydrogens (primary N) is 1. The van der Waals surface area contributed by atoms with Crippen LogP contribution in [0.4, 0.5) is 0 Å². The van der Waals surface area contributed by atoms with Crippen molar-refractivity contribution in [1.82, 2.24) is 4.90 Å². The maximum absolute atomic E-state index is 5.91. The molecule has 0 bridgehead atoms. The van der Waals surface area contributed by atoms with Gasteiger partial charge in [-0.25, -0.2) is 0 Å². The first kappa shape index (κ1) is 12.1. The molecule has 2 N–H and O–H groups in total. The van der Waals surface area contributed by atoms with Crippen LogP contribution in [0.1, 0.15) is 37.6 Å². The topological polar surface area (TPSA) is 29.3 Å². The van der Waals surface area contributed by atoms with Crippen molar-refractivity contribution in [2.75, 3.05) is 13.1 Å². The summed E-state index contributed by atoms with van der Waals surface area (Å²) in [6.07, 6.45) is 2.57. The van der Waals surface area contributed by atoms with Crippen LogP contribution in [0.3, 0.4) is 0 Å². The number of likely N-dealkylation sites (tertiary alicyclic amines) is 1. The van der Waals surface area contributed by atoms with E-state index in [-0.39, 0.29) is 0 Å². The predicted molar refractivity (Wildman–Crippen MR) is 70.7 cm³/mol. The lowest BCUT2D eigenvalue weighted by atomic mass is 9.91. The molecule has 1 aromatic rings. The minimum absolute atomic E-state index is 0.529. The summed E-state index contributed by atoms with van der Waals surface area (Å²) >= 11 is 1.86. The molecule has 0 saturated carbocycles. The van der Waals surface area contributed by atoms with Crippen molar-refractivity contribution in [1.29, 1.82) is 0 Å². The van der Waals surface area contributed by atoms with E-state index in [1.807, 2.05) is 11.3 Å². The highest BCUT2D eigenvalue weighted by Crippen LogP contribution is 2.32. The number of thiophene rings is 1. The minimum Gasteiger partial charge on any atom is -0.329 e. The Hall–Kier alpha value is -0.380. The van der Waals surface area contributed by atoms with Gasteiger partial charge in [0.15, 0.2) is 0 Å². The lowest BCUT2D eigenvalue weighted by Gasteiger charge is -2.41. The molecule has 1 fully saturated rings. The van der Waals surface area contributed by atoms with Gasteiger partial charge in [0.1, 0.15) is 0 Å². The Morgan fingerprint density at radius 1 is 1.62 bits per heavy atom. The highest BCUT2D eigenvalue weighted by Gasteiger charge is 2.29. The van der Waals surface area contributed by atoms with Crippen molar-refractivity contribution in [2.45, 2.75) is 38.8 Å². The molecule has 3 heteroatoms. The fourth-order valence-corrected chi connectivity index (χ4v) is 3.51. The second kappa shape index (κ2) is 5.30. The number of hydrogen-bond acceptors (Lipinski definition) is 3.